The van der Waals surface area contributed by atoms with Gasteiger partial charge in [0.2, 0.25) is 0 Å². The first-order valence-corrected chi connectivity index (χ1v) is 7.06. The highest BCUT2D eigenvalue weighted by Gasteiger charge is 2.32. The molecule has 21 heavy (non-hydrogen) atoms. The quantitative estimate of drug-likeness (QED) is 0.809. The summed E-state index contributed by atoms with van der Waals surface area (Å²) in [7, 11) is 0. The molecule has 0 aromatic heterocycles. The Morgan fingerprint density at radius 3 is 2.05 bits per heavy atom. The van der Waals surface area contributed by atoms with Crippen LogP contribution in [0.25, 0.3) is 0 Å². The van der Waals surface area contributed by atoms with Gasteiger partial charge in [0.25, 0.3) is 0 Å². The minimum atomic E-state index is -4.34. The van der Waals surface area contributed by atoms with E-state index < -0.39 is 11.7 Å². The Labute approximate surface area is 123 Å². The Hall–Kier alpha value is -1.43. The number of rotatable bonds is 1. The molecule has 1 aliphatic rings. The number of nitrogens with zero attached hydrogens (tertiary/aromatic N) is 2. The zero-order valence-corrected chi connectivity index (χ0v) is 12.7. The minimum Gasteiger partial charge on any atom is -0.397 e. The highest BCUT2D eigenvalue weighted by Crippen LogP contribution is 2.35. The van der Waals surface area contributed by atoms with Crippen molar-refractivity contribution in [3.05, 3.63) is 23.8 Å². The lowest BCUT2D eigenvalue weighted by Crippen LogP contribution is -2.53. The van der Waals surface area contributed by atoms with Crippen LogP contribution in [-0.2, 0) is 6.18 Å². The predicted octanol–water partition coefficient (Wildman–Crippen LogP) is 3.21. The second-order valence-electron chi connectivity index (χ2n) is 6.42. The highest BCUT2D eigenvalue weighted by atomic mass is 19.4. The molecule has 1 aliphatic heterocycles. The number of halogens is 3. The fourth-order valence-corrected chi connectivity index (χ4v) is 2.61. The second-order valence-corrected chi connectivity index (χ2v) is 6.42. The smallest absolute Gasteiger partial charge is 0.397 e. The normalized spacial score (nSPS) is 18.1. The van der Waals surface area contributed by atoms with Crippen molar-refractivity contribution in [3.8, 4) is 0 Å². The molecule has 6 heteroatoms. The third-order valence-corrected chi connectivity index (χ3v) is 3.93. The number of nitrogens with two attached hydrogens (primary N) is 1. The maximum Gasteiger partial charge on any atom is 0.416 e. The van der Waals surface area contributed by atoms with Crippen LogP contribution in [0.2, 0.25) is 0 Å². The molecule has 0 saturated carbocycles. The van der Waals surface area contributed by atoms with E-state index in [2.05, 4.69) is 25.7 Å². The first-order valence-electron chi connectivity index (χ1n) is 7.06. The van der Waals surface area contributed by atoms with Crippen molar-refractivity contribution < 1.29 is 13.2 Å². The maximum absolute atomic E-state index is 12.8. The third-order valence-electron chi connectivity index (χ3n) is 3.93. The van der Waals surface area contributed by atoms with E-state index in [0.29, 0.717) is 24.5 Å². The Kier molecular flexibility index (Phi) is 4.10. The summed E-state index contributed by atoms with van der Waals surface area (Å²) in [5, 5.41) is 0. The van der Waals surface area contributed by atoms with Crippen LogP contribution in [0.1, 0.15) is 26.3 Å². The van der Waals surface area contributed by atoms with Crippen molar-refractivity contribution in [2.75, 3.05) is 36.8 Å². The molecular formula is C15H22F3N3. The Bertz CT molecular complexity index is 498. The summed E-state index contributed by atoms with van der Waals surface area (Å²) in [6.07, 6.45) is -4.34. The van der Waals surface area contributed by atoms with Crippen molar-refractivity contribution in [3.63, 3.8) is 0 Å². The number of anilines is 2. The molecule has 2 N–H and O–H groups in total. The molecule has 1 aromatic carbocycles. The molecule has 1 heterocycles. The molecule has 1 fully saturated rings. The van der Waals surface area contributed by atoms with Gasteiger partial charge in [-0.2, -0.15) is 13.2 Å². The van der Waals surface area contributed by atoms with E-state index in [1.165, 1.54) is 6.07 Å². The van der Waals surface area contributed by atoms with E-state index >= 15 is 0 Å². The van der Waals surface area contributed by atoms with Gasteiger partial charge in [-0.3, -0.25) is 4.90 Å². The molecule has 0 spiro atoms. The third kappa shape index (κ3) is 3.61. The van der Waals surface area contributed by atoms with Gasteiger partial charge in [-0.05, 0) is 39.0 Å². The number of hydrogen-bond donors (Lipinski definition) is 1. The van der Waals surface area contributed by atoms with E-state index in [1.54, 1.807) is 0 Å². The number of benzene rings is 1. The van der Waals surface area contributed by atoms with Crippen LogP contribution in [0.3, 0.4) is 0 Å². The van der Waals surface area contributed by atoms with Crippen LogP contribution in [0.15, 0.2) is 18.2 Å². The van der Waals surface area contributed by atoms with E-state index in [1.807, 2.05) is 4.90 Å². The molecule has 118 valence electrons. The summed E-state index contributed by atoms with van der Waals surface area (Å²) in [5.41, 5.74) is 6.17. The van der Waals surface area contributed by atoms with Gasteiger partial charge in [-0.25, -0.2) is 0 Å². The molecular weight excluding hydrogens is 279 g/mol. The molecule has 0 atom stereocenters. The second kappa shape index (κ2) is 5.40. The van der Waals surface area contributed by atoms with Gasteiger partial charge in [0.15, 0.2) is 0 Å². The fourth-order valence-electron chi connectivity index (χ4n) is 2.61. The van der Waals surface area contributed by atoms with Crippen molar-refractivity contribution in [1.82, 2.24) is 4.90 Å². The van der Waals surface area contributed by atoms with Gasteiger partial charge in [-0.15, -0.1) is 0 Å². The van der Waals surface area contributed by atoms with Gasteiger partial charge < -0.3 is 10.6 Å². The average molecular weight is 301 g/mol. The van der Waals surface area contributed by atoms with Gasteiger partial charge >= 0.3 is 6.18 Å². The van der Waals surface area contributed by atoms with Crippen molar-refractivity contribution in [2.24, 2.45) is 0 Å². The predicted molar refractivity (Wildman–Crippen MR) is 79.4 cm³/mol. The van der Waals surface area contributed by atoms with E-state index in [9.17, 15) is 13.2 Å². The topological polar surface area (TPSA) is 32.5 Å². The van der Waals surface area contributed by atoms with Crippen LogP contribution in [0, 0.1) is 0 Å². The van der Waals surface area contributed by atoms with Crippen molar-refractivity contribution in [2.45, 2.75) is 32.5 Å². The van der Waals surface area contributed by atoms with Crippen LogP contribution in [-0.4, -0.2) is 36.6 Å². The molecule has 1 aromatic rings. The number of piperazine rings is 1. The summed E-state index contributed by atoms with van der Waals surface area (Å²) >= 11 is 0. The molecule has 0 amide bonds. The highest BCUT2D eigenvalue weighted by molar-refractivity contribution is 5.69. The summed E-state index contributed by atoms with van der Waals surface area (Å²) < 4.78 is 38.5. The Morgan fingerprint density at radius 1 is 1.00 bits per heavy atom. The molecule has 0 aliphatic carbocycles. The number of nitrogen functional groups attached to an aromatic ring is 1. The Balaban J connectivity index is 2.17. The standard InChI is InChI=1S/C15H22F3N3/c1-14(2,3)21-8-6-20(7-9-21)13-10-11(15(16,17)18)4-5-12(13)19/h4-5,10H,6-9,19H2,1-3H3. The largest absolute Gasteiger partial charge is 0.416 e. The maximum atomic E-state index is 12.8. The summed E-state index contributed by atoms with van der Waals surface area (Å²) in [5.74, 6) is 0. The van der Waals surface area contributed by atoms with Gasteiger partial charge in [0.1, 0.15) is 0 Å². The molecule has 3 nitrogen and oxygen atoms in total. The SMILES string of the molecule is CC(C)(C)N1CCN(c2cc(C(F)(F)F)ccc2N)CC1. The minimum absolute atomic E-state index is 0.0749. The first kappa shape index (κ1) is 15.9. The summed E-state index contributed by atoms with van der Waals surface area (Å²) in [6, 6.07) is 3.53. The zero-order chi connectivity index (χ0) is 15.8. The first-order chi connectivity index (χ1) is 9.59. The Morgan fingerprint density at radius 2 is 1.57 bits per heavy atom. The lowest BCUT2D eigenvalue weighted by atomic mass is 10.0. The van der Waals surface area contributed by atoms with Crippen molar-refractivity contribution >= 4 is 11.4 Å². The van der Waals surface area contributed by atoms with Crippen LogP contribution in [0.4, 0.5) is 24.5 Å². The van der Waals surface area contributed by atoms with Gasteiger partial charge in [-0.1, -0.05) is 0 Å². The van der Waals surface area contributed by atoms with Gasteiger partial charge in [0.05, 0.1) is 16.9 Å². The fraction of sp³-hybridized carbons (Fsp3) is 0.600. The number of hydrogen-bond acceptors (Lipinski definition) is 3. The van der Waals surface area contributed by atoms with Gasteiger partial charge in [0, 0.05) is 31.7 Å². The molecule has 0 bridgehead atoms. The van der Waals surface area contributed by atoms with Crippen LogP contribution < -0.4 is 10.6 Å². The molecule has 2 rings (SSSR count). The lowest BCUT2D eigenvalue weighted by molar-refractivity contribution is -0.137. The van der Waals surface area contributed by atoms with Crippen LogP contribution in [0.5, 0.6) is 0 Å². The van der Waals surface area contributed by atoms with Crippen LogP contribution >= 0.6 is 0 Å². The average Bonchev–Trinajstić information content (AvgIpc) is 2.37. The lowest BCUT2D eigenvalue weighted by Gasteiger charge is -2.43. The van der Waals surface area contributed by atoms with E-state index in [4.69, 9.17) is 5.73 Å². The summed E-state index contributed by atoms with van der Waals surface area (Å²) in [6.45, 7) is 9.42. The zero-order valence-electron chi connectivity index (χ0n) is 12.7. The summed E-state index contributed by atoms with van der Waals surface area (Å²) in [4.78, 5) is 4.26. The molecule has 0 unspecified atom stereocenters. The van der Waals surface area contributed by atoms with E-state index in [-0.39, 0.29) is 5.54 Å². The van der Waals surface area contributed by atoms with E-state index in [0.717, 1.165) is 25.2 Å². The monoisotopic (exact) mass is 301 g/mol. The molecule has 0 radical (unpaired) electrons. The number of alkyl halides is 3. The molecule has 1 saturated heterocycles. The van der Waals surface area contributed by atoms with Crippen molar-refractivity contribution in [1.29, 1.82) is 0 Å².